The third-order valence-corrected chi connectivity index (χ3v) is 3.79. The van der Waals surface area contributed by atoms with Gasteiger partial charge in [0.25, 0.3) is 0 Å². The van der Waals surface area contributed by atoms with E-state index in [0.29, 0.717) is 18.8 Å². The van der Waals surface area contributed by atoms with Crippen LogP contribution in [0.4, 0.5) is 0 Å². The van der Waals surface area contributed by atoms with Crippen LogP contribution in [-0.4, -0.2) is 25.2 Å². The molecular weight excluding hydrogens is 304 g/mol. The molecule has 0 spiro atoms. The normalized spacial score (nSPS) is 11.2. The topological polar surface area (TPSA) is 52.6 Å². The maximum absolute atomic E-state index is 12.4. The molecule has 0 unspecified atom stereocenters. The van der Waals surface area contributed by atoms with Crippen LogP contribution in [0.25, 0.3) is 0 Å². The number of hydrogen-bond acceptors (Lipinski definition) is 4. The average molecular weight is 334 g/mol. The monoisotopic (exact) mass is 334 g/mol. The number of unbranched alkanes of at least 4 members (excludes halogenated alkanes) is 2. The first kappa shape index (κ1) is 20.2. The zero-order valence-electron chi connectivity index (χ0n) is 15.6. The Morgan fingerprint density at radius 2 is 1.38 bits per heavy atom. The lowest BCUT2D eigenvalue weighted by Gasteiger charge is -2.20. The van der Waals surface area contributed by atoms with Crippen LogP contribution < -0.4 is 0 Å². The number of carbonyl (C=O) groups excluding carboxylic acids is 2. The van der Waals surface area contributed by atoms with Crippen molar-refractivity contribution in [2.24, 2.45) is 0 Å². The first-order valence-electron chi connectivity index (χ1n) is 8.80. The van der Waals surface area contributed by atoms with Crippen molar-refractivity contribution in [1.29, 1.82) is 0 Å². The number of rotatable bonds is 8. The van der Waals surface area contributed by atoms with Gasteiger partial charge < -0.3 is 9.47 Å². The van der Waals surface area contributed by atoms with Crippen molar-refractivity contribution in [1.82, 2.24) is 0 Å². The van der Waals surface area contributed by atoms with Crippen LogP contribution in [0.3, 0.4) is 0 Å². The predicted molar refractivity (Wildman–Crippen MR) is 95.5 cm³/mol. The van der Waals surface area contributed by atoms with Crippen LogP contribution in [0, 0.1) is 0 Å². The van der Waals surface area contributed by atoms with Gasteiger partial charge in [-0.2, -0.15) is 0 Å². The van der Waals surface area contributed by atoms with E-state index in [1.165, 1.54) is 0 Å². The molecule has 0 heterocycles. The number of carbonyl (C=O) groups is 2. The first-order chi connectivity index (χ1) is 11.3. The van der Waals surface area contributed by atoms with E-state index in [-0.39, 0.29) is 11.0 Å². The molecule has 1 rings (SSSR count). The van der Waals surface area contributed by atoms with E-state index in [4.69, 9.17) is 9.47 Å². The van der Waals surface area contributed by atoms with E-state index in [0.717, 1.165) is 31.2 Å². The van der Waals surface area contributed by atoms with Gasteiger partial charge in [-0.05, 0) is 36.0 Å². The highest BCUT2D eigenvalue weighted by atomic mass is 16.5. The average Bonchev–Trinajstić information content (AvgIpc) is 2.53. The van der Waals surface area contributed by atoms with Gasteiger partial charge in [0.2, 0.25) is 0 Å². The molecule has 0 aromatic heterocycles. The third kappa shape index (κ3) is 5.99. The minimum absolute atomic E-state index is 0.122. The standard InChI is InChI=1S/C20H30O4/c1-6-8-12-23-18(21)16-11-10-15(20(3,4)5)14-17(16)19(22)24-13-9-7-2/h10-11,14H,6-9,12-13H2,1-5H3. The summed E-state index contributed by atoms with van der Waals surface area (Å²) in [6.07, 6.45) is 3.51. The van der Waals surface area contributed by atoms with Crippen molar-refractivity contribution < 1.29 is 19.1 Å². The summed E-state index contributed by atoms with van der Waals surface area (Å²) < 4.78 is 10.6. The summed E-state index contributed by atoms with van der Waals surface area (Å²) in [4.78, 5) is 24.7. The fourth-order valence-corrected chi connectivity index (χ4v) is 2.13. The van der Waals surface area contributed by atoms with E-state index in [1.54, 1.807) is 12.1 Å². The Morgan fingerprint density at radius 1 is 0.875 bits per heavy atom. The van der Waals surface area contributed by atoms with Gasteiger partial charge in [0.1, 0.15) is 0 Å². The van der Waals surface area contributed by atoms with Crippen molar-refractivity contribution in [3.8, 4) is 0 Å². The van der Waals surface area contributed by atoms with Crippen molar-refractivity contribution in [3.05, 3.63) is 34.9 Å². The van der Waals surface area contributed by atoms with E-state index in [1.807, 2.05) is 19.9 Å². The lowest BCUT2D eigenvalue weighted by atomic mass is 9.85. The molecule has 0 saturated heterocycles. The predicted octanol–water partition coefficient (Wildman–Crippen LogP) is 4.90. The Balaban J connectivity index is 3.08. The zero-order chi connectivity index (χ0) is 18.2. The molecule has 0 aliphatic carbocycles. The molecule has 0 aliphatic heterocycles. The molecule has 0 bridgehead atoms. The van der Waals surface area contributed by atoms with Crippen molar-refractivity contribution in [2.75, 3.05) is 13.2 Å². The maximum Gasteiger partial charge on any atom is 0.339 e. The van der Waals surface area contributed by atoms with Crippen molar-refractivity contribution in [2.45, 2.75) is 65.7 Å². The molecule has 1 aromatic carbocycles. The first-order valence-corrected chi connectivity index (χ1v) is 8.80. The fraction of sp³-hybridized carbons (Fsp3) is 0.600. The molecular formula is C20H30O4. The summed E-state index contributed by atoms with van der Waals surface area (Å²) in [5.41, 5.74) is 1.43. The van der Waals surface area contributed by atoms with Gasteiger partial charge in [-0.25, -0.2) is 9.59 Å². The van der Waals surface area contributed by atoms with E-state index in [2.05, 4.69) is 20.8 Å². The summed E-state index contributed by atoms with van der Waals surface area (Å²) in [5, 5.41) is 0. The van der Waals surface area contributed by atoms with Crippen molar-refractivity contribution in [3.63, 3.8) is 0 Å². The molecule has 0 amide bonds. The molecule has 1 aromatic rings. The van der Waals surface area contributed by atoms with Crippen LogP contribution in [0.15, 0.2) is 18.2 Å². The zero-order valence-corrected chi connectivity index (χ0v) is 15.6. The van der Waals surface area contributed by atoms with E-state index >= 15 is 0 Å². The Morgan fingerprint density at radius 3 is 1.83 bits per heavy atom. The van der Waals surface area contributed by atoms with Crippen molar-refractivity contribution >= 4 is 11.9 Å². The number of esters is 2. The van der Waals surface area contributed by atoms with Gasteiger partial charge in [-0.1, -0.05) is 53.5 Å². The van der Waals surface area contributed by atoms with Gasteiger partial charge in [0, 0.05) is 0 Å². The summed E-state index contributed by atoms with van der Waals surface area (Å²) in [6, 6.07) is 5.30. The van der Waals surface area contributed by atoms with Gasteiger partial charge in [-0.15, -0.1) is 0 Å². The van der Waals surface area contributed by atoms with E-state index < -0.39 is 11.9 Å². The second-order valence-corrected chi connectivity index (χ2v) is 6.99. The van der Waals surface area contributed by atoms with Gasteiger partial charge in [0.15, 0.2) is 0 Å². The summed E-state index contributed by atoms with van der Waals surface area (Å²) in [7, 11) is 0. The molecule has 0 N–H and O–H groups in total. The van der Waals surface area contributed by atoms with Crippen LogP contribution in [0.1, 0.15) is 86.6 Å². The largest absolute Gasteiger partial charge is 0.462 e. The molecule has 0 aliphatic rings. The van der Waals surface area contributed by atoms with Gasteiger partial charge in [0.05, 0.1) is 24.3 Å². The van der Waals surface area contributed by atoms with Crippen LogP contribution in [0.2, 0.25) is 0 Å². The second kappa shape index (κ2) is 9.45. The second-order valence-electron chi connectivity index (χ2n) is 6.99. The molecule has 0 saturated carbocycles. The summed E-state index contributed by atoms with van der Waals surface area (Å²) in [6.45, 7) is 11.0. The van der Waals surface area contributed by atoms with Crippen LogP contribution in [0.5, 0.6) is 0 Å². The molecule has 0 atom stereocenters. The molecule has 0 fully saturated rings. The number of hydrogen-bond donors (Lipinski definition) is 0. The molecule has 0 radical (unpaired) electrons. The summed E-state index contributed by atoms with van der Waals surface area (Å²) >= 11 is 0. The Labute approximate surface area is 145 Å². The minimum atomic E-state index is -0.466. The Bertz CT molecular complexity index is 555. The summed E-state index contributed by atoms with van der Waals surface area (Å²) in [5.74, 6) is -0.927. The van der Waals surface area contributed by atoms with Crippen LogP contribution in [-0.2, 0) is 14.9 Å². The van der Waals surface area contributed by atoms with E-state index in [9.17, 15) is 9.59 Å². The minimum Gasteiger partial charge on any atom is -0.462 e. The molecule has 4 heteroatoms. The lowest BCUT2D eigenvalue weighted by molar-refractivity contribution is 0.0452. The third-order valence-electron chi connectivity index (χ3n) is 3.79. The quantitative estimate of drug-likeness (QED) is 0.501. The highest BCUT2D eigenvalue weighted by molar-refractivity contribution is 6.03. The molecule has 24 heavy (non-hydrogen) atoms. The van der Waals surface area contributed by atoms with Gasteiger partial charge >= 0.3 is 11.9 Å². The highest BCUT2D eigenvalue weighted by Crippen LogP contribution is 2.25. The lowest BCUT2D eigenvalue weighted by Crippen LogP contribution is -2.18. The SMILES string of the molecule is CCCCOC(=O)c1ccc(C(C)(C)C)cc1C(=O)OCCCC. The smallest absolute Gasteiger partial charge is 0.339 e. The Hall–Kier alpha value is -1.84. The molecule has 4 nitrogen and oxygen atoms in total. The molecule has 134 valence electrons. The number of ether oxygens (including phenoxy) is 2. The van der Waals surface area contributed by atoms with Crippen LogP contribution >= 0.6 is 0 Å². The Kier molecular flexibility index (Phi) is 7.96. The fourth-order valence-electron chi connectivity index (χ4n) is 2.13. The highest BCUT2D eigenvalue weighted by Gasteiger charge is 2.23. The number of benzene rings is 1. The maximum atomic E-state index is 12.4. The van der Waals surface area contributed by atoms with Gasteiger partial charge in [-0.3, -0.25) is 0 Å².